The molecule has 0 spiro atoms. The maximum atomic E-state index is 9.76. The van der Waals surface area contributed by atoms with Crippen LogP contribution < -0.4 is 0 Å². The molecule has 1 N–H and O–H groups in total. The number of β-amino-alcohol motifs (C(OH)–C–C–N with tert-alkyl or cyclic N) is 1. The van der Waals surface area contributed by atoms with Crippen LogP contribution in [0.4, 0.5) is 0 Å². The van der Waals surface area contributed by atoms with E-state index in [0.717, 1.165) is 31.6 Å². The Morgan fingerprint density at radius 2 is 2.21 bits per heavy atom. The molecule has 1 saturated heterocycles. The van der Waals surface area contributed by atoms with Gasteiger partial charge in [0.2, 0.25) is 0 Å². The Morgan fingerprint density at radius 3 is 2.79 bits per heavy atom. The molecular formula is C15H24N2OS. The molecule has 1 aliphatic rings. The highest BCUT2D eigenvalue weighted by atomic mass is 32.2. The molecule has 3 atom stereocenters. The van der Waals surface area contributed by atoms with Crippen LogP contribution in [0.3, 0.4) is 0 Å². The van der Waals surface area contributed by atoms with Crippen LogP contribution in [0.15, 0.2) is 18.3 Å². The fourth-order valence-corrected chi connectivity index (χ4v) is 2.95. The highest BCUT2D eigenvalue weighted by Gasteiger charge is 2.23. The van der Waals surface area contributed by atoms with Gasteiger partial charge in [0.25, 0.3) is 0 Å². The summed E-state index contributed by atoms with van der Waals surface area (Å²) in [5.74, 6) is 0. The van der Waals surface area contributed by atoms with Gasteiger partial charge in [0.15, 0.2) is 0 Å². The maximum absolute atomic E-state index is 9.76. The normalized spacial score (nSPS) is 24.1. The predicted octanol–water partition coefficient (Wildman–Crippen LogP) is 3.02. The van der Waals surface area contributed by atoms with Crippen molar-refractivity contribution in [3.05, 3.63) is 29.6 Å². The van der Waals surface area contributed by atoms with Gasteiger partial charge in [-0.05, 0) is 51.1 Å². The predicted molar refractivity (Wildman–Crippen MR) is 81.4 cm³/mol. The Labute approximate surface area is 120 Å². The average molecular weight is 280 g/mol. The number of rotatable bonds is 4. The zero-order valence-corrected chi connectivity index (χ0v) is 12.9. The monoisotopic (exact) mass is 280 g/mol. The van der Waals surface area contributed by atoms with Crippen molar-refractivity contribution in [2.24, 2.45) is 0 Å². The van der Waals surface area contributed by atoms with Crippen LogP contribution in [0.25, 0.3) is 0 Å². The lowest BCUT2D eigenvalue weighted by atomic mass is 10.0. The molecule has 1 fully saturated rings. The van der Waals surface area contributed by atoms with Crippen LogP contribution in [0.5, 0.6) is 0 Å². The number of pyridine rings is 1. The molecule has 0 saturated carbocycles. The van der Waals surface area contributed by atoms with Crippen molar-refractivity contribution in [1.82, 2.24) is 9.88 Å². The summed E-state index contributed by atoms with van der Waals surface area (Å²) in [6, 6.07) is 4.65. The molecule has 4 heteroatoms. The van der Waals surface area contributed by atoms with E-state index in [1.54, 1.807) is 0 Å². The van der Waals surface area contributed by atoms with Gasteiger partial charge in [-0.1, -0.05) is 6.07 Å². The standard InChI is InChI=1S/C15H24N2OS/c1-11(17-8-4-5-14(18)10-17)13-6-7-15(16-9-13)12(2)19-3/h6-7,9,11-12,14,18H,4-5,8,10H2,1-3H3/t11?,12?,14-/m0/s1. The molecule has 1 aromatic rings. The van der Waals surface area contributed by atoms with E-state index in [9.17, 15) is 5.11 Å². The molecule has 0 amide bonds. The van der Waals surface area contributed by atoms with Crippen molar-refractivity contribution in [2.75, 3.05) is 19.3 Å². The number of hydrogen-bond acceptors (Lipinski definition) is 4. The number of aliphatic hydroxyl groups excluding tert-OH is 1. The number of aromatic nitrogens is 1. The summed E-state index contributed by atoms with van der Waals surface area (Å²) >= 11 is 1.81. The first-order valence-electron chi connectivity index (χ1n) is 7.02. The van der Waals surface area contributed by atoms with Crippen molar-refractivity contribution in [3.63, 3.8) is 0 Å². The molecule has 2 unspecified atom stereocenters. The van der Waals surface area contributed by atoms with Gasteiger partial charge in [-0.2, -0.15) is 11.8 Å². The first kappa shape index (κ1) is 14.8. The Balaban J connectivity index is 2.04. The topological polar surface area (TPSA) is 36.4 Å². The van der Waals surface area contributed by atoms with E-state index >= 15 is 0 Å². The summed E-state index contributed by atoms with van der Waals surface area (Å²) in [5, 5.41) is 10.2. The van der Waals surface area contributed by atoms with Gasteiger partial charge in [-0.3, -0.25) is 9.88 Å². The van der Waals surface area contributed by atoms with Gasteiger partial charge in [0, 0.05) is 24.0 Å². The summed E-state index contributed by atoms with van der Waals surface area (Å²) < 4.78 is 0. The molecule has 106 valence electrons. The molecule has 3 nitrogen and oxygen atoms in total. The summed E-state index contributed by atoms with van der Waals surface area (Å²) in [4.78, 5) is 6.92. The maximum Gasteiger partial charge on any atom is 0.0667 e. The Morgan fingerprint density at radius 1 is 1.42 bits per heavy atom. The van der Waals surface area contributed by atoms with Crippen LogP contribution in [-0.4, -0.2) is 40.4 Å². The number of thioether (sulfide) groups is 1. The molecule has 2 rings (SSSR count). The van der Waals surface area contributed by atoms with Crippen molar-refractivity contribution in [3.8, 4) is 0 Å². The van der Waals surface area contributed by atoms with E-state index in [4.69, 9.17) is 0 Å². The second-order valence-corrected chi connectivity index (χ2v) is 6.54. The minimum atomic E-state index is -0.167. The zero-order chi connectivity index (χ0) is 13.8. The lowest BCUT2D eigenvalue weighted by Gasteiger charge is -2.35. The molecule has 2 heterocycles. The third kappa shape index (κ3) is 3.71. The highest BCUT2D eigenvalue weighted by Crippen LogP contribution is 2.27. The first-order chi connectivity index (χ1) is 9.11. The second-order valence-electron chi connectivity index (χ2n) is 5.36. The lowest BCUT2D eigenvalue weighted by molar-refractivity contribution is 0.0503. The summed E-state index contributed by atoms with van der Waals surface area (Å²) in [6.07, 6.45) is 5.96. The summed E-state index contributed by atoms with van der Waals surface area (Å²) in [7, 11) is 0. The highest BCUT2D eigenvalue weighted by molar-refractivity contribution is 7.98. The third-order valence-corrected chi connectivity index (χ3v) is 4.99. The van der Waals surface area contributed by atoms with E-state index in [1.807, 2.05) is 18.0 Å². The third-order valence-electron chi connectivity index (χ3n) is 4.04. The summed E-state index contributed by atoms with van der Waals surface area (Å²) in [6.45, 7) is 6.23. The van der Waals surface area contributed by atoms with Crippen molar-refractivity contribution in [2.45, 2.75) is 44.1 Å². The van der Waals surface area contributed by atoms with Crippen LogP contribution in [0.1, 0.15) is 49.2 Å². The van der Waals surface area contributed by atoms with Gasteiger partial charge < -0.3 is 5.11 Å². The van der Waals surface area contributed by atoms with Gasteiger partial charge in [0.1, 0.15) is 0 Å². The summed E-state index contributed by atoms with van der Waals surface area (Å²) in [5.41, 5.74) is 2.38. The fourth-order valence-electron chi connectivity index (χ4n) is 2.57. The molecule has 19 heavy (non-hydrogen) atoms. The van der Waals surface area contributed by atoms with Crippen LogP contribution >= 0.6 is 11.8 Å². The number of hydrogen-bond donors (Lipinski definition) is 1. The van der Waals surface area contributed by atoms with Crippen molar-refractivity contribution < 1.29 is 5.11 Å². The Hall–Kier alpha value is -0.580. The van der Waals surface area contributed by atoms with E-state index < -0.39 is 0 Å². The van der Waals surface area contributed by atoms with Gasteiger partial charge in [-0.25, -0.2) is 0 Å². The van der Waals surface area contributed by atoms with E-state index in [-0.39, 0.29) is 6.10 Å². The van der Waals surface area contributed by atoms with Gasteiger partial charge in [-0.15, -0.1) is 0 Å². The Kier molecular flexibility index (Phi) is 5.25. The molecule has 1 aliphatic heterocycles. The largest absolute Gasteiger partial charge is 0.392 e. The SMILES string of the molecule is CSC(C)c1ccc(C(C)N2CCC[C@H](O)C2)cn1. The molecule has 0 radical (unpaired) electrons. The second kappa shape index (κ2) is 6.73. The number of aliphatic hydroxyl groups is 1. The average Bonchev–Trinajstić information content (AvgIpc) is 2.46. The lowest BCUT2D eigenvalue weighted by Crippen LogP contribution is -2.39. The van der Waals surface area contributed by atoms with Gasteiger partial charge in [0.05, 0.1) is 11.8 Å². The quantitative estimate of drug-likeness (QED) is 0.920. The fraction of sp³-hybridized carbons (Fsp3) is 0.667. The van der Waals surface area contributed by atoms with Crippen LogP contribution in [0.2, 0.25) is 0 Å². The molecule has 0 aromatic carbocycles. The van der Waals surface area contributed by atoms with Crippen LogP contribution in [-0.2, 0) is 0 Å². The number of likely N-dealkylation sites (tertiary alicyclic amines) is 1. The van der Waals surface area contributed by atoms with E-state index in [0.29, 0.717) is 11.3 Å². The van der Waals surface area contributed by atoms with Crippen molar-refractivity contribution in [1.29, 1.82) is 0 Å². The molecule has 0 aliphatic carbocycles. The number of piperidine rings is 1. The van der Waals surface area contributed by atoms with Crippen molar-refractivity contribution >= 4 is 11.8 Å². The van der Waals surface area contributed by atoms with Crippen LogP contribution in [0, 0.1) is 0 Å². The smallest absolute Gasteiger partial charge is 0.0667 e. The zero-order valence-electron chi connectivity index (χ0n) is 12.0. The van der Waals surface area contributed by atoms with Gasteiger partial charge >= 0.3 is 0 Å². The minimum Gasteiger partial charge on any atom is -0.392 e. The van der Waals surface area contributed by atoms with E-state index in [1.165, 1.54) is 5.56 Å². The number of nitrogens with zero attached hydrogens (tertiary/aromatic N) is 2. The Bertz CT molecular complexity index is 396. The molecule has 1 aromatic heterocycles. The molecule has 0 bridgehead atoms. The first-order valence-corrected chi connectivity index (χ1v) is 8.31. The van der Waals surface area contributed by atoms with E-state index in [2.05, 4.69) is 42.1 Å². The minimum absolute atomic E-state index is 0.167. The molecular weight excluding hydrogens is 256 g/mol.